The zero-order valence-electron chi connectivity index (χ0n) is 10.2. The molecular weight excluding hydrogens is 283 g/mol. The molecule has 0 radical (unpaired) electrons. The lowest BCUT2D eigenvalue weighted by molar-refractivity contribution is 0.398. The molecule has 2 unspecified atom stereocenters. The third kappa shape index (κ3) is 2.80. The van der Waals surface area contributed by atoms with Crippen LogP contribution in [0.15, 0.2) is 22.7 Å². The molecule has 1 saturated heterocycles. The molecule has 0 amide bonds. The Morgan fingerprint density at radius 1 is 1.53 bits per heavy atom. The SMILES string of the molecule is CCC1CNC(C)CN1c1ccc(Br)cc1F. The number of nitrogens with zero attached hydrogens (tertiary/aromatic N) is 1. The predicted octanol–water partition coefficient (Wildman–Crippen LogP) is 3.16. The van der Waals surface area contributed by atoms with E-state index in [1.807, 2.05) is 12.1 Å². The van der Waals surface area contributed by atoms with Gasteiger partial charge in [-0.05, 0) is 31.5 Å². The van der Waals surface area contributed by atoms with Gasteiger partial charge in [-0.2, -0.15) is 0 Å². The second-order valence-electron chi connectivity index (χ2n) is 4.62. The Balaban J connectivity index is 2.28. The fourth-order valence-electron chi connectivity index (χ4n) is 2.33. The van der Waals surface area contributed by atoms with Gasteiger partial charge < -0.3 is 10.2 Å². The Labute approximate surface area is 110 Å². The monoisotopic (exact) mass is 300 g/mol. The van der Waals surface area contributed by atoms with Gasteiger partial charge in [0.15, 0.2) is 0 Å². The minimum atomic E-state index is -0.146. The second-order valence-corrected chi connectivity index (χ2v) is 5.54. The number of rotatable bonds is 2. The average Bonchev–Trinajstić information content (AvgIpc) is 2.29. The van der Waals surface area contributed by atoms with Crippen molar-refractivity contribution >= 4 is 21.6 Å². The fourth-order valence-corrected chi connectivity index (χ4v) is 2.66. The first kappa shape index (κ1) is 12.8. The van der Waals surface area contributed by atoms with E-state index in [1.54, 1.807) is 0 Å². The molecular formula is C13H18BrFN2. The van der Waals surface area contributed by atoms with Gasteiger partial charge in [0.2, 0.25) is 0 Å². The lowest BCUT2D eigenvalue weighted by atomic mass is 10.1. The summed E-state index contributed by atoms with van der Waals surface area (Å²) in [6, 6.07) is 6.08. The topological polar surface area (TPSA) is 15.3 Å². The van der Waals surface area contributed by atoms with Crippen LogP contribution in [0.5, 0.6) is 0 Å². The van der Waals surface area contributed by atoms with Crippen molar-refractivity contribution in [2.45, 2.75) is 32.4 Å². The van der Waals surface area contributed by atoms with E-state index < -0.39 is 0 Å². The maximum atomic E-state index is 14.0. The van der Waals surface area contributed by atoms with Gasteiger partial charge in [0.05, 0.1) is 5.69 Å². The Morgan fingerprint density at radius 2 is 2.29 bits per heavy atom. The molecule has 1 aliphatic heterocycles. The largest absolute Gasteiger partial charge is 0.363 e. The lowest BCUT2D eigenvalue weighted by Gasteiger charge is -2.40. The predicted molar refractivity (Wildman–Crippen MR) is 73.0 cm³/mol. The van der Waals surface area contributed by atoms with Gasteiger partial charge in [-0.1, -0.05) is 22.9 Å². The molecule has 1 heterocycles. The zero-order chi connectivity index (χ0) is 12.4. The summed E-state index contributed by atoms with van der Waals surface area (Å²) in [6.45, 7) is 6.06. The van der Waals surface area contributed by atoms with Crippen molar-refractivity contribution in [3.8, 4) is 0 Å². The molecule has 2 nitrogen and oxygen atoms in total. The van der Waals surface area contributed by atoms with E-state index in [0.717, 1.165) is 24.0 Å². The van der Waals surface area contributed by atoms with Gasteiger partial charge >= 0.3 is 0 Å². The van der Waals surface area contributed by atoms with Crippen molar-refractivity contribution in [3.05, 3.63) is 28.5 Å². The third-order valence-electron chi connectivity index (χ3n) is 3.30. The highest BCUT2D eigenvalue weighted by Gasteiger charge is 2.26. The highest BCUT2D eigenvalue weighted by Crippen LogP contribution is 2.27. The molecule has 1 aromatic rings. The highest BCUT2D eigenvalue weighted by atomic mass is 79.9. The minimum absolute atomic E-state index is 0.146. The van der Waals surface area contributed by atoms with Gasteiger partial charge in [0.25, 0.3) is 0 Å². The Morgan fingerprint density at radius 3 is 2.94 bits per heavy atom. The Hall–Kier alpha value is -0.610. The maximum absolute atomic E-state index is 14.0. The normalized spacial score (nSPS) is 25.1. The maximum Gasteiger partial charge on any atom is 0.147 e. The molecule has 0 aromatic heterocycles. The number of hydrogen-bond donors (Lipinski definition) is 1. The van der Waals surface area contributed by atoms with Crippen molar-refractivity contribution in [2.75, 3.05) is 18.0 Å². The molecule has 0 spiro atoms. The van der Waals surface area contributed by atoms with Gasteiger partial charge in [-0.15, -0.1) is 0 Å². The molecule has 17 heavy (non-hydrogen) atoms. The van der Waals surface area contributed by atoms with Gasteiger partial charge in [-0.25, -0.2) is 4.39 Å². The molecule has 1 aliphatic rings. The summed E-state index contributed by atoms with van der Waals surface area (Å²) in [4.78, 5) is 2.18. The van der Waals surface area contributed by atoms with Crippen LogP contribution in [0.3, 0.4) is 0 Å². The van der Waals surface area contributed by atoms with Gasteiger partial charge in [0.1, 0.15) is 5.82 Å². The van der Waals surface area contributed by atoms with E-state index in [-0.39, 0.29) is 5.82 Å². The quantitative estimate of drug-likeness (QED) is 0.902. The van der Waals surface area contributed by atoms with Gasteiger partial charge in [0, 0.05) is 29.6 Å². The molecule has 1 N–H and O–H groups in total. The summed E-state index contributed by atoms with van der Waals surface area (Å²) in [6.07, 6.45) is 1.02. The highest BCUT2D eigenvalue weighted by molar-refractivity contribution is 9.10. The smallest absolute Gasteiger partial charge is 0.147 e. The van der Waals surface area contributed by atoms with Crippen LogP contribution in [-0.4, -0.2) is 25.2 Å². The molecule has 0 bridgehead atoms. The van der Waals surface area contributed by atoms with E-state index in [2.05, 4.69) is 40.0 Å². The van der Waals surface area contributed by atoms with Crippen molar-refractivity contribution in [2.24, 2.45) is 0 Å². The number of hydrogen-bond acceptors (Lipinski definition) is 2. The molecule has 0 aliphatic carbocycles. The lowest BCUT2D eigenvalue weighted by Crippen LogP contribution is -2.55. The first-order chi connectivity index (χ1) is 8.11. The number of nitrogens with one attached hydrogen (secondary N) is 1. The van der Waals surface area contributed by atoms with E-state index >= 15 is 0 Å². The van der Waals surface area contributed by atoms with E-state index in [0.29, 0.717) is 17.8 Å². The molecule has 1 aromatic carbocycles. The zero-order valence-corrected chi connectivity index (χ0v) is 11.8. The molecule has 1 fully saturated rings. The molecule has 2 rings (SSSR count). The number of anilines is 1. The third-order valence-corrected chi connectivity index (χ3v) is 3.80. The van der Waals surface area contributed by atoms with Crippen LogP contribution >= 0.6 is 15.9 Å². The first-order valence-electron chi connectivity index (χ1n) is 6.07. The van der Waals surface area contributed by atoms with Crippen LogP contribution in [0.25, 0.3) is 0 Å². The molecule has 94 valence electrons. The average molecular weight is 301 g/mol. The molecule has 0 saturated carbocycles. The van der Waals surface area contributed by atoms with Crippen LogP contribution in [-0.2, 0) is 0 Å². The summed E-state index contributed by atoms with van der Waals surface area (Å²) in [7, 11) is 0. The van der Waals surface area contributed by atoms with Crippen molar-refractivity contribution in [1.29, 1.82) is 0 Å². The molecule has 4 heteroatoms. The number of piperazine rings is 1. The van der Waals surface area contributed by atoms with Crippen molar-refractivity contribution in [1.82, 2.24) is 5.32 Å². The first-order valence-corrected chi connectivity index (χ1v) is 6.86. The number of benzene rings is 1. The summed E-state index contributed by atoms with van der Waals surface area (Å²) in [5.74, 6) is -0.146. The van der Waals surface area contributed by atoms with Crippen molar-refractivity contribution < 1.29 is 4.39 Å². The van der Waals surface area contributed by atoms with Crippen LogP contribution in [0.4, 0.5) is 10.1 Å². The standard InChI is InChI=1S/C13H18BrFN2/c1-3-11-7-16-9(2)8-17(11)13-5-4-10(14)6-12(13)15/h4-6,9,11,16H,3,7-8H2,1-2H3. The van der Waals surface area contributed by atoms with Crippen molar-refractivity contribution in [3.63, 3.8) is 0 Å². The van der Waals surface area contributed by atoms with Gasteiger partial charge in [-0.3, -0.25) is 0 Å². The minimum Gasteiger partial charge on any atom is -0.363 e. The van der Waals surface area contributed by atoms with Crippen LogP contribution in [0, 0.1) is 5.82 Å². The fraction of sp³-hybridized carbons (Fsp3) is 0.538. The Kier molecular flexibility index (Phi) is 4.05. The summed E-state index contributed by atoms with van der Waals surface area (Å²) in [5.41, 5.74) is 0.716. The van der Waals surface area contributed by atoms with E-state index in [1.165, 1.54) is 6.07 Å². The van der Waals surface area contributed by atoms with Crippen LogP contribution in [0.1, 0.15) is 20.3 Å². The van der Waals surface area contributed by atoms with Crippen LogP contribution < -0.4 is 10.2 Å². The number of halogens is 2. The second kappa shape index (κ2) is 5.36. The Bertz CT molecular complexity index is 397. The van der Waals surface area contributed by atoms with E-state index in [4.69, 9.17) is 0 Å². The summed E-state index contributed by atoms with van der Waals surface area (Å²) >= 11 is 3.29. The molecule has 2 atom stereocenters. The van der Waals surface area contributed by atoms with E-state index in [9.17, 15) is 4.39 Å². The van der Waals surface area contributed by atoms with Crippen LogP contribution in [0.2, 0.25) is 0 Å². The summed E-state index contributed by atoms with van der Waals surface area (Å²) in [5, 5.41) is 3.44. The summed E-state index contributed by atoms with van der Waals surface area (Å²) < 4.78 is 14.8.